The molecule has 0 radical (unpaired) electrons. The van der Waals surface area contributed by atoms with Gasteiger partial charge in [0.15, 0.2) is 0 Å². The molecule has 3 rings (SSSR count). The summed E-state index contributed by atoms with van der Waals surface area (Å²) in [6.07, 6.45) is 1.61. The average molecular weight is 280 g/mol. The predicted octanol–water partition coefficient (Wildman–Crippen LogP) is 3.01. The Morgan fingerprint density at radius 2 is 1.81 bits per heavy atom. The van der Waals surface area contributed by atoms with Crippen molar-refractivity contribution in [3.8, 4) is 5.75 Å². The molecule has 21 heavy (non-hydrogen) atoms. The van der Waals surface area contributed by atoms with Gasteiger partial charge in [0, 0.05) is 0 Å². The van der Waals surface area contributed by atoms with Crippen LogP contribution in [0.4, 0.5) is 0 Å². The van der Waals surface area contributed by atoms with Crippen LogP contribution in [-0.2, 0) is 0 Å². The normalized spacial score (nSPS) is 12.3. The summed E-state index contributed by atoms with van der Waals surface area (Å²) in [7, 11) is 1.64. The highest BCUT2D eigenvalue weighted by Gasteiger charge is 2.11. The van der Waals surface area contributed by atoms with E-state index in [2.05, 4.69) is 4.98 Å². The molecule has 0 fully saturated rings. The molecular weight excluding hydrogens is 264 g/mol. The van der Waals surface area contributed by atoms with Crippen LogP contribution < -0.4 is 10.3 Å². The quantitative estimate of drug-likeness (QED) is 0.740. The number of rotatable bonds is 3. The van der Waals surface area contributed by atoms with E-state index in [9.17, 15) is 4.79 Å². The number of methoxy groups -OCH3 is 1. The van der Waals surface area contributed by atoms with E-state index in [1.165, 1.54) is 0 Å². The largest absolute Gasteiger partial charge is 0.497 e. The maximum absolute atomic E-state index is 12.6. The number of hydrogen-bond donors (Lipinski definition) is 0. The van der Waals surface area contributed by atoms with Crippen molar-refractivity contribution in [1.82, 2.24) is 9.55 Å². The zero-order chi connectivity index (χ0) is 14.8. The Balaban J connectivity index is 2.06. The lowest BCUT2D eigenvalue weighted by Gasteiger charge is -2.16. The molecule has 106 valence electrons. The molecule has 0 bridgehead atoms. The molecule has 2 aromatic carbocycles. The van der Waals surface area contributed by atoms with Crippen molar-refractivity contribution >= 4 is 10.9 Å². The average Bonchev–Trinajstić information content (AvgIpc) is 2.55. The number of nitrogens with zero attached hydrogens (tertiary/aromatic N) is 2. The molecule has 1 unspecified atom stereocenters. The standard InChI is InChI=1S/C17H16N2O2/c1-12(13-7-9-14(21-2)10-8-13)19-11-18-16-6-4-3-5-15(16)17(19)20/h3-12H,1-2H3. The van der Waals surface area contributed by atoms with Gasteiger partial charge >= 0.3 is 0 Å². The first kappa shape index (κ1) is 13.4. The summed E-state index contributed by atoms with van der Waals surface area (Å²) in [5, 5.41) is 0.639. The second-order valence-electron chi connectivity index (χ2n) is 4.92. The lowest BCUT2D eigenvalue weighted by atomic mass is 10.1. The molecule has 4 heteroatoms. The van der Waals surface area contributed by atoms with E-state index in [-0.39, 0.29) is 11.6 Å². The van der Waals surface area contributed by atoms with Crippen LogP contribution in [0.15, 0.2) is 59.7 Å². The van der Waals surface area contributed by atoms with Crippen LogP contribution in [0, 0.1) is 0 Å². The van der Waals surface area contributed by atoms with Crippen molar-refractivity contribution < 1.29 is 4.74 Å². The Bertz CT molecular complexity index is 822. The summed E-state index contributed by atoms with van der Waals surface area (Å²) in [6, 6.07) is 15.0. The first-order valence-corrected chi connectivity index (χ1v) is 6.80. The molecule has 3 aromatic rings. The minimum absolute atomic E-state index is 0.0241. The molecule has 0 saturated heterocycles. The number of aromatic nitrogens is 2. The smallest absolute Gasteiger partial charge is 0.261 e. The summed E-state index contributed by atoms with van der Waals surface area (Å²) in [6.45, 7) is 1.99. The Labute approximate surface area is 122 Å². The van der Waals surface area contributed by atoms with Crippen LogP contribution >= 0.6 is 0 Å². The van der Waals surface area contributed by atoms with Gasteiger partial charge in [0.2, 0.25) is 0 Å². The molecule has 0 saturated carbocycles. The molecule has 1 aromatic heterocycles. The first-order chi connectivity index (χ1) is 10.2. The molecule has 0 aliphatic heterocycles. The van der Waals surface area contributed by atoms with Gasteiger partial charge in [-0.05, 0) is 36.8 Å². The third-order valence-electron chi connectivity index (χ3n) is 3.71. The van der Waals surface area contributed by atoms with E-state index < -0.39 is 0 Å². The van der Waals surface area contributed by atoms with Crippen molar-refractivity contribution in [2.75, 3.05) is 7.11 Å². The fourth-order valence-electron chi connectivity index (χ4n) is 2.40. The van der Waals surface area contributed by atoms with Gasteiger partial charge < -0.3 is 4.74 Å². The SMILES string of the molecule is COc1ccc(C(C)n2cnc3ccccc3c2=O)cc1. The van der Waals surface area contributed by atoms with Crippen molar-refractivity contribution in [2.45, 2.75) is 13.0 Å². The predicted molar refractivity (Wildman–Crippen MR) is 82.8 cm³/mol. The van der Waals surface area contributed by atoms with Crippen LogP contribution in [0.1, 0.15) is 18.5 Å². The summed E-state index contributed by atoms with van der Waals surface area (Å²) in [5.74, 6) is 0.801. The Kier molecular flexibility index (Phi) is 3.44. The maximum Gasteiger partial charge on any atom is 0.261 e. The molecule has 1 heterocycles. The monoisotopic (exact) mass is 280 g/mol. The van der Waals surface area contributed by atoms with Gasteiger partial charge in [-0.3, -0.25) is 9.36 Å². The Morgan fingerprint density at radius 3 is 2.52 bits per heavy atom. The summed E-state index contributed by atoms with van der Waals surface area (Å²) >= 11 is 0. The van der Waals surface area contributed by atoms with Crippen molar-refractivity contribution in [1.29, 1.82) is 0 Å². The third kappa shape index (κ3) is 2.40. The lowest BCUT2D eigenvalue weighted by Crippen LogP contribution is -2.24. The van der Waals surface area contributed by atoms with Gasteiger partial charge in [0.25, 0.3) is 5.56 Å². The summed E-state index contributed by atoms with van der Waals surface area (Å²) in [5.41, 5.74) is 1.74. The van der Waals surface area contributed by atoms with Gasteiger partial charge in [-0.15, -0.1) is 0 Å². The molecule has 1 atom stereocenters. The summed E-state index contributed by atoms with van der Waals surface area (Å²) < 4.78 is 6.81. The Morgan fingerprint density at radius 1 is 1.10 bits per heavy atom. The van der Waals surface area contributed by atoms with E-state index in [4.69, 9.17) is 4.74 Å². The van der Waals surface area contributed by atoms with Gasteiger partial charge in [-0.2, -0.15) is 0 Å². The van der Waals surface area contributed by atoms with Crippen LogP contribution in [0.2, 0.25) is 0 Å². The van der Waals surface area contributed by atoms with Gasteiger partial charge in [0.05, 0.1) is 30.4 Å². The minimum Gasteiger partial charge on any atom is -0.497 e. The second-order valence-corrected chi connectivity index (χ2v) is 4.92. The number of benzene rings is 2. The van der Waals surface area contributed by atoms with Crippen molar-refractivity contribution in [3.63, 3.8) is 0 Å². The van der Waals surface area contributed by atoms with Crippen LogP contribution in [0.25, 0.3) is 10.9 Å². The van der Waals surface area contributed by atoms with E-state index in [1.54, 1.807) is 18.0 Å². The van der Waals surface area contributed by atoms with Crippen LogP contribution in [-0.4, -0.2) is 16.7 Å². The summed E-state index contributed by atoms with van der Waals surface area (Å²) in [4.78, 5) is 16.9. The minimum atomic E-state index is -0.0829. The molecule has 0 amide bonds. The molecule has 0 aliphatic carbocycles. The molecular formula is C17H16N2O2. The number of para-hydroxylation sites is 1. The van der Waals surface area contributed by atoms with Crippen LogP contribution in [0.3, 0.4) is 0 Å². The number of ether oxygens (including phenoxy) is 1. The molecule has 0 spiro atoms. The van der Waals surface area contributed by atoms with Crippen LogP contribution in [0.5, 0.6) is 5.75 Å². The van der Waals surface area contributed by atoms with Gasteiger partial charge in [-0.25, -0.2) is 4.98 Å². The Hall–Kier alpha value is -2.62. The highest BCUT2D eigenvalue weighted by molar-refractivity contribution is 5.76. The second kappa shape index (κ2) is 5.40. The molecule has 4 nitrogen and oxygen atoms in total. The highest BCUT2D eigenvalue weighted by atomic mass is 16.5. The topological polar surface area (TPSA) is 44.1 Å². The van der Waals surface area contributed by atoms with E-state index in [0.29, 0.717) is 5.39 Å². The fourth-order valence-corrected chi connectivity index (χ4v) is 2.40. The maximum atomic E-state index is 12.6. The zero-order valence-electron chi connectivity index (χ0n) is 12.0. The highest BCUT2D eigenvalue weighted by Crippen LogP contribution is 2.20. The molecule has 0 aliphatic rings. The fraction of sp³-hybridized carbons (Fsp3) is 0.176. The van der Waals surface area contributed by atoms with Crippen molar-refractivity contribution in [3.05, 3.63) is 70.8 Å². The van der Waals surface area contributed by atoms with E-state index in [1.807, 2.05) is 55.5 Å². The van der Waals surface area contributed by atoms with Crippen molar-refractivity contribution in [2.24, 2.45) is 0 Å². The number of fused-ring (bicyclic) bond motifs is 1. The third-order valence-corrected chi connectivity index (χ3v) is 3.71. The number of hydrogen-bond acceptors (Lipinski definition) is 3. The zero-order valence-corrected chi connectivity index (χ0v) is 12.0. The molecule has 0 N–H and O–H groups in total. The first-order valence-electron chi connectivity index (χ1n) is 6.80. The lowest BCUT2D eigenvalue weighted by molar-refractivity contribution is 0.414. The van der Waals surface area contributed by atoms with E-state index >= 15 is 0 Å². The van der Waals surface area contributed by atoms with Gasteiger partial charge in [-0.1, -0.05) is 24.3 Å². The van der Waals surface area contributed by atoms with E-state index in [0.717, 1.165) is 16.8 Å². The van der Waals surface area contributed by atoms with Gasteiger partial charge in [0.1, 0.15) is 5.75 Å².